The maximum absolute atomic E-state index is 10.1. The lowest BCUT2D eigenvalue weighted by Gasteiger charge is -2.13. The molecule has 3 rings (SSSR count). The van der Waals surface area contributed by atoms with Gasteiger partial charge in [0.1, 0.15) is 6.61 Å². The van der Waals surface area contributed by atoms with E-state index in [9.17, 15) is 5.11 Å². The molecule has 0 spiro atoms. The molecule has 3 aromatic rings. The van der Waals surface area contributed by atoms with Crippen LogP contribution in [0.4, 0.5) is 0 Å². The molecule has 0 fully saturated rings. The van der Waals surface area contributed by atoms with E-state index in [0.717, 1.165) is 0 Å². The molecule has 132 valence electrons. The van der Waals surface area contributed by atoms with Gasteiger partial charge in [-0.25, -0.2) is 0 Å². The standard InChI is InChI=1S/C15H11Cl4N3O2S/c16-8-4-12(19)14-20-21-15(22(14)5-8)25-7-9(23)6-24-13-10(17)2-1-3-11(13)18/h1-5,9,23H,6-7H2/t9-/m1/s1. The first-order valence-electron chi connectivity index (χ1n) is 7.03. The molecule has 5 nitrogen and oxygen atoms in total. The van der Waals surface area contributed by atoms with Crippen LogP contribution in [0.3, 0.4) is 0 Å². The third-order valence-electron chi connectivity index (χ3n) is 3.14. The van der Waals surface area contributed by atoms with E-state index in [1.165, 1.54) is 11.8 Å². The van der Waals surface area contributed by atoms with Gasteiger partial charge in [-0.3, -0.25) is 4.40 Å². The number of hydrogen-bond acceptors (Lipinski definition) is 5. The zero-order chi connectivity index (χ0) is 18.0. The van der Waals surface area contributed by atoms with Crippen molar-refractivity contribution in [3.05, 3.63) is 50.6 Å². The highest BCUT2D eigenvalue weighted by Gasteiger charge is 2.14. The van der Waals surface area contributed by atoms with Gasteiger partial charge in [0, 0.05) is 11.9 Å². The van der Waals surface area contributed by atoms with Gasteiger partial charge in [-0.1, -0.05) is 64.2 Å². The van der Waals surface area contributed by atoms with E-state index in [0.29, 0.717) is 42.4 Å². The van der Waals surface area contributed by atoms with Gasteiger partial charge < -0.3 is 9.84 Å². The number of para-hydroxylation sites is 1. The summed E-state index contributed by atoms with van der Waals surface area (Å²) in [6.45, 7) is 0.0364. The van der Waals surface area contributed by atoms with Crippen LogP contribution < -0.4 is 4.74 Å². The Morgan fingerprint density at radius 3 is 2.56 bits per heavy atom. The monoisotopic (exact) mass is 437 g/mol. The zero-order valence-corrected chi connectivity index (χ0v) is 16.3. The molecule has 0 saturated carbocycles. The first kappa shape index (κ1) is 18.9. The summed E-state index contributed by atoms with van der Waals surface area (Å²) in [6.07, 6.45) is 0.900. The molecule has 0 bridgehead atoms. The van der Waals surface area contributed by atoms with Crippen LogP contribution in [-0.2, 0) is 0 Å². The zero-order valence-electron chi connectivity index (χ0n) is 12.5. The Labute approximate surface area is 167 Å². The van der Waals surface area contributed by atoms with Crippen molar-refractivity contribution in [1.82, 2.24) is 14.6 Å². The summed E-state index contributed by atoms with van der Waals surface area (Å²) in [5, 5.41) is 20.4. The van der Waals surface area contributed by atoms with E-state index in [-0.39, 0.29) is 6.61 Å². The van der Waals surface area contributed by atoms with Crippen LogP contribution in [0.1, 0.15) is 0 Å². The fourth-order valence-corrected chi connectivity index (χ4v) is 3.85. The van der Waals surface area contributed by atoms with E-state index in [2.05, 4.69) is 10.2 Å². The molecular formula is C15H11Cl4N3O2S. The van der Waals surface area contributed by atoms with Crippen LogP contribution in [0, 0.1) is 0 Å². The van der Waals surface area contributed by atoms with Gasteiger partial charge in [-0.15, -0.1) is 10.2 Å². The summed E-state index contributed by atoms with van der Waals surface area (Å²) < 4.78 is 7.19. The highest BCUT2D eigenvalue weighted by atomic mass is 35.5. The van der Waals surface area contributed by atoms with E-state index in [1.807, 2.05) is 0 Å². The molecule has 1 N–H and O–H groups in total. The maximum Gasteiger partial charge on any atom is 0.195 e. The number of fused-ring (bicyclic) bond motifs is 1. The molecular weight excluding hydrogens is 428 g/mol. The lowest BCUT2D eigenvalue weighted by molar-refractivity contribution is 0.126. The fourth-order valence-electron chi connectivity index (χ4n) is 2.02. The second-order valence-corrected chi connectivity index (χ2v) is 7.65. The summed E-state index contributed by atoms with van der Waals surface area (Å²) in [5.74, 6) is 0.675. The number of pyridine rings is 1. The van der Waals surface area contributed by atoms with E-state index in [4.69, 9.17) is 51.1 Å². The van der Waals surface area contributed by atoms with Crippen LogP contribution in [0.5, 0.6) is 5.75 Å². The highest BCUT2D eigenvalue weighted by Crippen LogP contribution is 2.32. The average molecular weight is 439 g/mol. The largest absolute Gasteiger partial charge is 0.488 e. The second-order valence-electron chi connectivity index (χ2n) is 5.01. The number of benzene rings is 1. The first-order valence-corrected chi connectivity index (χ1v) is 9.53. The fraction of sp³-hybridized carbons (Fsp3) is 0.200. The predicted molar refractivity (Wildman–Crippen MR) is 102 cm³/mol. The minimum Gasteiger partial charge on any atom is -0.488 e. The Balaban J connectivity index is 1.62. The number of nitrogens with zero attached hydrogens (tertiary/aromatic N) is 3. The molecule has 0 aliphatic carbocycles. The van der Waals surface area contributed by atoms with E-state index in [1.54, 1.807) is 34.9 Å². The quantitative estimate of drug-likeness (QED) is 0.556. The number of rotatable bonds is 6. The Bertz CT molecular complexity index is 886. The summed E-state index contributed by atoms with van der Waals surface area (Å²) in [5.41, 5.74) is 0.502. The topological polar surface area (TPSA) is 59.7 Å². The van der Waals surface area contributed by atoms with Gasteiger partial charge >= 0.3 is 0 Å². The molecule has 2 heterocycles. The van der Waals surface area contributed by atoms with Crippen molar-refractivity contribution < 1.29 is 9.84 Å². The molecule has 25 heavy (non-hydrogen) atoms. The third kappa shape index (κ3) is 4.45. The maximum atomic E-state index is 10.1. The smallest absolute Gasteiger partial charge is 0.195 e. The number of halogens is 4. The van der Waals surface area contributed by atoms with Crippen LogP contribution in [0.2, 0.25) is 20.1 Å². The van der Waals surface area contributed by atoms with Crippen molar-refractivity contribution >= 4 is 63.8 Å². The Morgan fingerprint density at radius 1 is 1.12 bits per heavy atom. The van der Waals surface area contributed by atoms with Gasteiger partial charge in [0.15, 0.2) is 16.6 Å². The molecule has 0 aliphatic heterocycles. The SMILES string of the molecule is O[C@H](COc1c(Cl)cccc1Cl)CSc1nnc2c(Cl)cc(Cl)cn12. The van der Waals surface area contributed by atoms with Crippen molar-refractivity contribution in [3.63, 3.8) is 0 Å². The van der Waals surface area contributed by atoms with Gasteiger partial charge in [-0.05, 0) is 18.2 Å². The number of thioether (sulfide) groups is 1. The van der Waals surface area contributed by atoms with Crippen molar-refractivity contribution in [2.24, 2.45) is 0 Å². The van der Waals surface area contributed by atoms with Gasteiger partial charge in [0.05, 0.1) is 26.2 Å². The summed E-state index contributed by atoms with van der Waals surface area (Å²) in [6, 6.07) is 6.65. The van der Waals surface area contributed by atoms with Gasteiger partial charge in [0.25, 0.3) is 0 Å². The average Bonchev–Trinajstić information content (AvgIpc) is 2.95. The number of aliphatic hydroxyl groups is 1. The molecule has 0 saturated heterocycles. The normalized spacial score (nSPS) is 12.5. The van der Waals surface area contributed by atoms with Gasteiger partial charge in [0.2, 0.25) is 0 Å². The number of aromatic nitrogens is 3. The summed E-state index contributed by atoms with van der Waals surface area (Å²) in [7, 11) is 0. The van der Waals surface area contributed by atoms with Crippen molar-refractivity contribution in [3.8, 4) is 5.75 Å². The third-order valence-corrected chi connectivity index (χ3v) is 5.31. The van der Waals surface area contributed by atoms with Crippen LogP contribution in [0.15, 0.2) is 35.6 Å². The van der Waals surface area contributed by atoms with Crippen molar-refractivity contribution in [1.29, 1.82) is 0 Å². The Hall–Kier alpha value is -0.890. The molecule has 0 aliphatic rings. The predicted octanol–water partition coefficient (Wildman–Crippen LogP) is 4.87. The number of ether oxygens (including phenoxy) is 1. The van der Waals surface area contributed by atoms with Crippen molar-refractivity contribution in [2.75, 3.05) is 12.4 Å². The molecule has 0 radical (unpaired) electrons. The van der Waals surface area contributed by atoms with Crippen LogP contribution >= 0.6 is 58.2 Å². The second kappa shape index (κ2) is 8.20. The van der Waals surface area contributed by atoms with Crippen molar-refractivity contribution in [2.45, 2.75) is 11.3 Å². The van der Waals surface area contributed by atoms with Gasteiger partial charge in [-0.2, -0.15) is 0 Å². The number of aliphatic hydroxyl groups excluding tert-OH is 1. The van der Waals surface area contributed by atoms with Crippen LogP contribution in [-0.4, -0.2) is 38.2 Å². The Morgan fingerprint density at radius 2 is 1.84 bits per heavy atom. The van der Waals surface area contributed by atoms with E-state index < -0.39 is 6.10 Å². The summed E-state index contributed by atoms with van der Waals surface area (Å²) in [4.78, 5) is 0. The minimum atomic E-state index is -0.764. The number of hydrogen-bond donors (Lipinski definition) is 1. The first-order chi connectivity index (χ1) is 12.0. The Kier molecular flexibility index (Phi) is 6.20. The van der Waals surface area contributed by atoms with Crippen LogP contribution in [0.25, 0.3) is 5.65 Å². The van der Waals surface area contributed by atoms with E-state index >= 15 is 0 Å². The summed E-state index contributed by atoms with van der Waals surface area (Å²) >= 11 is 25.4. The molecule has 0 unspecified atom stereocenters. The molecule has 2 aromatic heterocycles. The lowest BCUT2D eigenvalue weighted by Crippen LogP contribution is -2.20. The molecule has 1 atom stereocenters. The molecule has 1 aromatic carbocycles. The minimum absolute atomic E-state index is 0.0364. The molecule has 0 amide bonds. The highest BCUT2D eigenvalue weighted by molar-refractivity contribution is 7.99. The lowest BCUT2D eigenvalue weighted by atomic mass is 10.3. The molecule has 10 heteroatoms.